The minimum Gasteiger partial charge on any atom is -0.497 e. The van der Waals surface area contributed by atoms with E-state index in [1.165, 1.54) is 4.90 Å². The quantitative estimate of drug-likeness (QED) is 0.744. The number of rotatable bonds is 3. The molecule has 112 valence electrons. The summed E-state index contributed by atoms with van der Waals surface area (Å²) >= 11 is 0. The van der Waals surface area contributed by atoms with Gasteiger partial charge in [0.15, 0.2) is 6.04 Å². The van der Waals surface area contributed by atoms with Crippen molar-refractivity contribution in [3.8, 4) is 5.75 Å². The lowest BCUT2D eigenvalue weighted by Gasteiger charge is -2.27. The second kappa shape index (κ2) is 5.83. The Morgan fingerprint density at radius 1 is 1.19 bits per heavy atom. The largest absolute Gasteiger partial charge is 0.497 e. The van der Waals surface area contributed by atoms with Crippen LogP contribution in [-0.4, -0.2) is 51.3 Å². The smallest absolute Gasteiger partial charge is 0.292 e. The van der Waals surface area contributed by atoms with E-state index < -0.39 is 0 Å². The summed E-state index contributed by atoms with van der Waals surface area (Å²) < 4.78 is 10.4. The second-order valence-electron chi connectivity index (χ2n) is 5.29. The zero-order valence-corrected chi connectivity index (χ0v) is 12.0. The van der Waals surface area contributed by atoms with Crippen LogP contribution in [0, 0.1) is 0 Å². The van der Waals surface area contributed by atoms with Gasteiger partial charge >= 0.3 is 0 Å². The van der Waals surface area contributed by atoms with Gasteiger partial charge in [0.1, 0.15) is 18.8 Å². The molecule has 21 heavy (non-hydrogen) atoms. The number of hydrogen-bond acceptors (Lipinski definition) is 4. The summed E-state index contributed by atoms with van der Waals surface area (Å²) in [4.78, 5) is 27.3. The summed E-state index contributed by atoms with van der Waals surface area (Å²) in [6.45, 7) is 2.85. The first-order chi connectivity index (χ1) is 10.2. The van der Waals surface area contributed by atoms with Crippen LogP contribution in [-0.2, 0) is 14.3 Å². The molecule has 1 N–H and O–H groups in total. The molecule has 2 heterocycles. The van der Waals surface area contributed by atoms with Crippen LogP contribution in [0.1, 0.15) is 6.42 Å². The van der Waals surface area contributed by atoms with E-state index in [2.05, 4.69) is 0 Å². The van der Waals surface area contributed by atoms with Gasteiger partial charge in [-0.1, -0.05) is 0 Å². The van der Waals surface area contributed by atoms with E-state index in [1.54, 1.807) is 31.4 Å². The van der Waals surface area contributed by atoms with E-state index >= 15 is 0 Å². The van der Waals surface area contributed by atoms with Crippen molar-refractivity contribution in [3.05, 3.63) is 24.3 Å². The van der Waals surface area contributed by atoms with Gasteiger partial charge in [-0.2, -0.15) is 0 Å². The summed E-state index contributed by atoms with van der Waals surface area (Å²) in [6.07, 6.45) is 0.278. The van der Waals surface area contributed by atoms with E-state index in [0.29, 0.717) is 24.7 Å². The van der Waals surface area contributed by atoms with E-state index in [-0.39, 0.29) is 24.3 Å². The maximum atomic E-state index is 12.6. The molecule has 2 aliphatic heterocycles. The van der Waals surface area contributed by atoms with Crippen LogP contribution in [0.3, 0.4) is 0 Å². The van der Waals surface area contributed by atoms with Crippen molar-refractivity contribution < 1.29 is 24.0 Å². The number of carbonyl (C=O) groups is 2. The second-order valence-corrected chi connectivity index (χ2v) is 5.29. The molecule has 1 atom stereocenters. The lowest BCUT2D eigenvalue weighted by molar-refractivity contribution is -0.922. The molecule has 0 unspecified atom stereocenters. The normalized spacial score (nSPS) is 23.7. The maximum Gasteiger partial charge on any atom is 0.292 e. The SMILES string of the molecule is COc1ccc(N2C(=O)C[C@H]([NH+]3CCOCC3)C2=O)cc1. The van der Waals surface area contributed by atoms with Crippen molar-refractivity contribution in [3.63, 3.8) is 0 Å². The Bertz CT molecular complexity index is 537. The Balaban J connectivity index is 1.79. The highest BCUT2D eigenvalue weighted by Crippen LogP contribution is 2.24. The van der Waals surface area contributed by atoms with Gasteiger partial charge in [-0.15, -0.1) is 0 Å². The fourth-order valence-electron chi connectivity index (χ4n) is 2.94. The minimum atomic E-state index is -0.275. The highest BCUT2D eigenvalue weighted by Gasteiger charge is 2.45. The number of quaternary nitrogens is 1. The van der Waals surface area contributed by atoms with Crippen LogP contribution in [0.2, 0.25) is 0 Å². The first kappa shape index (κ1) is 14.0. The third kappa shape index (κ3) is 2.64. The number of hydrogen-bond donors (Lipinski definition) is 1. The number of benzene rings is 1. The summed E-state index contributed by atoms with van der Waals surface area (Å²) in [5, 5.41) is 0. The van der Waals surface area contributed by atoms with Crippen molar-refractivity contribution in [1.29, 1.82) is 0 Å². The number of methoxy groups -OCH3 is 1. The Labute approximate surface area is 123 Å². The van der Waals surface area contributed by atoms with Crippen molar-refractivity contribution >= 4 is 17.5 Å². The number of morpholine rings is 1. The van der Waals surface area contributed by atoms with Crippen molar-refractivity contribution in [2.24, 2.45) is 0 Å². The molecule has 6 nitrogen and oxygen atoms in total. The Morgan fingerprint density at radius 3 is 2.48 bits per heavy atom. The average Bonchev–Trinajstić information content (AvgIpc) is 2.83. The van der Waals surface area contributed by atoms with Gasteiger partial charge in [0, 0.05) is 0 Å². The van der Waals surface area contributed by atoms with Crippen molar-refractivity contribution in [2.45, 2.75) is 12.5 Å². The number of anilines is 1. The summed E-state index contributed by atoms with van der Waals surface area (Å²) in [5.41, 5.74) is 0.612. The van der Waals surface area contributed by atoms with Gasteiger partial charge < -0.3 is 14.4 Å². The number of nitrogens with one attached hydrogen (secondary N) is 1. The molecular weight excluding hydrogens is 272 g/mol. The molecule has 1 aromatic rings. The first-order valence-electron chi connectivity index (χ1n) is 7.14. The lowest BCUT2D eigenvalue weighted by atomic mass is 10.2. The number of nitrogens with zero attached hydrogens (tertiary/aromatic N) is 1. The zero-order valence-electron chi connectivity index (χ0n) is 12.0. The zero-order chi connectivity index (χ0) is 14.8. The van der Waals surface area contributed by atoms with Crippen molar-refractivity contribution in [2.75, 3.05) is 38.3 Å². The van der Waals surface area contributed by atoms with Crippen LogP contribution < -0.4 is 14.5 Å². The van der Waals surface area contributed by atoms with Crippen LogP contribution in [0.4, 0.5) is 5.69 Å². The molecule has 2 saturated heterocycles. The van der Waals surface area contributed by atoms with Crippen LogP contribution >= 0.6 is 0 Å². The third-order valence-corrected chi connectivity index (χ3v) is 4.11. The molecule has 0 radical (unpaired) electrons. The fraction of sp³-hybridized carbons (Fsp3) is 0.467. The third-order valence-electron chi connectivity index (χ3n) is 4.11. The first-order valence-corrected chi connectivity index (χ1v) is 7.14. The van der Waals surface area contributed by atoms with Gasteiger partial charge in [0.2, 0.25) is 5.91 Å². The molecule has 2 amide bonds. The molecule has 0 bridgehead atoms. The Kier molecular flexibility index (Phi) is 3.90. The maximum absolute atomic E-state index is 12.6. The monoisotopic (exact) mass is 291 g/mol. The molecule has 0 aromatic heterocycles. The molecule has 6 heteroatoms. The highest BCUT2D eigenvalue weighted by atomic mass is 16.5. The molecule has 3 rings (SSSR count). The van der Waals surface area contributed by atoms with Crippen LogP contribution in [0.5, 0.6) is 5.75 Å². The molecule has 2 aliphatic rings. The Morgan fingerprint density at radius 2 is 1.86 bits per heavy atom. The van der Waals surface area contributed by atoms with Gasteiger partial charge in [-0.3, -0.25) is 9.59 Å². The predicted octanol–water partition coefficient (Wildman–Crippen LogP) is -0.758. The minimum absolute atomic E-state index is 0.109. The van der Waals surface area contributed by atoms with Gasteiger partial charge in [0.05, 0.1) is 32.4 Å². The topological polar surface area (TPSA) is 60.3 Å². The van der Waals surface area contributed by atoms with Crippen LogP contribution in [0.25, 0.3) is 0 Å². The average molecular weight is 291 g/mol. The number of amides is 2. The standard InChI is InChI=1S/C15H18N2O4/c1-20-12-4-2-11(3-5-12)17-14(18)10-13(15(17)19)16-6-8-21-9-7-16/h2-5,13H,6-10H2,1H3/p+1/t13-/m0/s1. The van der Waals surface area contributed by atoms with Crippen LogP contribution in [0.15, 0.2) is 24.3 Å². The predicted molar refractivity (Wildman–Crippen MR) is 75.4 cm³/mol. The fourth-order valence-corrected chi connectivity index (χ4v) is 2.94. The summed E-state index contributed by atoms with van der Waals surface area (Å²) in [7, 11) is 1.58. The van der Waals surface area contributed by atoms with Gasteiger partial charge in [0.25, 0.3) is 5.91 Å². The summed E-state index contributed by atoms with van der Waals surface area (Å²) in [6, 6.07) is 6.72. The number of ether oxygens (including phenoxy) is 2. The molecule has 0 aliphatic carbocycles. The molecule has 2 fully saturated rings. The molecule has 0 saturated carbocycles. The highest BCUT2D eigenvalue weighted by molar-refractivity contribution is 6.21. The van der Waals surface area contributed by atoms with Gasteiger partial charge in [-0.05, 0) is 24.3 Å². The lowest BCUT2D eigenvalue weighted by Crippen LogP contribution is -3.18. The molecular formula is C15H19N2O4+. The van der Waals surface area contributed by atoms with E-state index in [9.17, 15) is 9.59 Å². The number of imide groups is 1. The summed E-state index contributed by atoms with van der Waals surface area (Å²) in [5.74, 6) is 0.462. The molecule has 1 aromatic carbocycles. The molecule has 0 spiro atoms. The van der Waals surface area contributed by atoms with Crippen molar-refractivity contribution in [1.82, 2.24) is 0 Å². The van der Waals surface area contributed by atoms with Gasteiger partial charge in [-0.25, -0.2) is 4.90 Å². The van der Waals surface area contributed by atoms with E-state index in [4.69, 9.17) is 9.47 Å². The van der Waals surface area contributed by atoms with E-state index in [1.807, 2.05) is 0 Å². The van der Waals surface area contributed by atoms with E-state index in [0.717, 1.165) is 18.0 Å². The number of carbonyl (C=O) groups excluding carboxylic acids is 2. The Hall–Kier alpha value is -1.92.